The maximum atomic E-state index is 12.2. The summed E-state index contributed by atoms with van der Waals surface area (Å²) < 4.78 is 35.5. The molecule has 0 aliphatic carbocycles. The predicted octanol–water partition coefficient (Wildman–Crippen LogP) is 2.05. The van der Waals surface area contributed by atoms with Crippen LogP contribution in [0.5, 0.6) is 5.88 Å². The average molecular weight is 318 g/mol. The lowest BCUT2D eigenvalue weighted by atomic mass is 10.3. The van der Waals surface area contributed by atoms with E-state index in [9.17, 15) is 13.6 Å². The zero-order valence-electron chi connectivity index (χ0n) is 12.8. The highest BCUT2D eigenvalue weighted by molar-refractivity contribution is 5.88. The molecule has 2 heterocycles. The molecular formula is C13H20F2N4O3. The SMILES string of the molecule is C[C@@H]1CCN(C(=O)Nc2cc(OC(F)F)n(C)n2)C[C@H](C)O1. The van der Waals surface area contributed by atoms with Crippen LogP contribution in [-0.2, 0) is 11.8 Å². The van der Waals surface area contributed by atoms with Gasteiger partial charge in [0.15, 0.2) is 5.82 Å². The van der Waals surface area contributed by atoms with E-state index >= 15 is 0 Å². The molecule has 1 fully saturated rings. The predicted molar refractivity (Wildman–Crippen MR) is 75.1 cm³/mol. The first-order chi connectivity index (χ1) is 10.3. The van der Waals surface area contributed by atoms with Crippen molar-refractivity contribution >= 4 is 11.8 Å². The van der Waals surface area contributed by atoms with Gasteiger partial charge in [0.25, 0.3) is 0 Å². The standard InChI is InChI=1S/C13H20F2N4O3/c1-8-4-5-19(7-9(2)21-8)13(20)16-10-6-11(18(3)17-10)22-12(14)15/h6,8-9,12H,4-5,7H2,1-3H3,(H,16,17,20)/t8-,9+/m1/s1. The number of anilines is 1. The van der Waals surface area contributed by atoms with Crippen LogP contribution in [0, 0.1) is 0 Å². The first-order valence-electron chi connectivity index (χ1n) is 7.05. The second-order valence-electron chi connectivity index (χ2n) is 5.29. The van der Waals surface area contributed by atoms with Crippen molar-refractivity contribution in [3.8, 4) is 5.88 Å². The number of hydrogen-bond donors (Lipinski definition) is 1. The Labute approximate surface area is 127 Å². The second kappa shape index (κ2) is 6.91. The Morgan fingerprint density at radius 3 is 2.91 bits per heavy atom. The average Bonchev–Trinajstić information content (AvgIpc) is 2.63. The number of carbonyl (C=O) groups is 1. The Kier molecular flexibility index (Phi) is 5.17. The van der Waals surface area contributed by atoms with E-state index in [4.69, 9.17) is 4.74 Å². The smallest absolute Gasteiger partial charge is 0.388 e. The molecule has 1 N–H and O–H groups in total. The normalized spacial score (nSPS) is 22.5. The molecule has 124 valence electrons. The van der Waals surface area contributed by atoms with Crippen LogP contribution in [0.1, 0.15) is 20.3 Å². The van der Waals surface area contributed by atoms with E-state index in [1.54, 1.807) is 4.90 Å². The number of aryl methyl sites for hydroxylation is 1. The lowest BCUT2D eigenvalue weighted by Gasteiger charge is -2.21. The van der Waals surface area contributed by atoms with Crippen molar-refractivity contribution in [2.24, 2.45) is 7.05 Å². The fourth-order valence-corrected chi connectivity index (χ4v) is 2.33. The third-order valence-electron chi connectivity index (χ3n) is 3.32. The maximum Gasteiger partial charge on any atom is 0.388 e. The molecule has 0 radical (unpaired) electrons. The largest absolute Gasteiger partial charge is 0.417 e. The Morgan fingerprint density at radius 1 is 1.50 bits per heavy atom. The molecule has 0 unspecified atom stereocenters. The Balaban J connectivity index is 1.99. The highest BCUT2D eigenvalue weighted by atomic mass is 19.3. The van der Waals surface area contributed by atoms with Gasteiger partial charge in [-0.15, -0.1) is 0 Å². The fraction of sp³-hybridized carbons (Fsp3) is 0.692. The molecule has 7 nitrogen and oxygen atoms in total. The van der Waals surface area contributed by atoms with Gasteiger partial charge < -0.3 is 14.4 Å². The van der Waals surface area contributed by atoms with Crippen LogP contribution in [-0.4, -0.2) is 52.6 Å². The van der Waals surface area contributed by atoms with Gasteiger partial charge in [-0.3, -0.25) is 5.32 Å². The quantitative estimate of drug-likeness (QED) is 0.926. The summed E-state index contributed by atoms with van der Waals surface area (Å²) in [5.41, 5.74) is 0. The lowest BCUT2D eigenvalue weighted by Crippen LogP contribution is -2.39. The molecule has 2 atom stereocenters. The molecule has 1 aliphatic rings. The van der Waals surface area contributed by atoms with Gasteiger partial charge in [0, 0.05) is 26.2 Å². The van der Waals surface area contributed by atoms with Gasteiger partial charge in [-0.1, -0.05) is 0 Å². The van der Waals surface area contributed by atoms with Gasteiger partial charge in [-0.2, -0.15) is 13.9 Å². The molecule has 1 saturated heterocycles. The summed E-state index contributed by atoms with van der Waals surface area (Å²) in [6.07, 6.45) is 0.762. The van der Waals surface area contributed by atoms with Crippen molar-refractivity contribution in [2.45, 2.75) is 39.1 Å². The van der Waals surface area contributed by atoms with Crippen LogP contribution in [0.2, 0.25) is 0 Å². The van der Waals surface area contributed by atoms with Gasteiger partial charge in [0.2, 0.25) is 5.88 Å². The van der Waals surface area contributed by atoms with Crippen LogP contribution >= 0.6 is 0 Å². The zero-order valence-corrected chi connectivity index (χ0v) is 12.8. The van der Waals surface area contributed by atoms with Gasteiger partial charge in [-0.05, 0) is 20.3 Å². The summed E-state index contributed by atoms with van der Waals surface area (Å²) >= 11 is 0. The molecule has 22 heavy (non-hydrogen) atoms. The van der Waals surface area contributed by atoms with Crippen LogP contribution in [0.25, 0.3) is 0 Å². The molecule has 0 bridgehead atoms. The van der Waals surface area contributed by atoms with Gasteiger partial charge in [-0.25, -0.2) is 9.48 Å². The number of carbonyl (C=O) groups excluding carboxylic acids is 1. The van der Waals surface area contributed by atoms with E-state index in [0.29, 0.717) is 13.1 Å². The van der Waals surface area contributed by atoms with Crippen LogP contribution in [0.15, 0.2) is 6.07 Å². The highest BCUT2D eigenvalue weighted by Crippen LogP contribution is 2.19. The highest BCUT2D eigenvalue weighted by Gasteiger charge is 2.24. The number of rotatable bonds is 3. The molecule has 0 spiro atoms. The van der Waals surface area contributed by atoms with Crippen molar-refractivity contribution in [2.75, 3.05) is 18.4 Å². The molecule has 1 aliphatic heterocycles. The number of aromatic nitrogens is 2. The molecule has 1 aromatic rings. The van der Waals surface area contributed by atoms with Crippen molar-refractivity contribution in [1.29, 1.82) is 0 Å². The molecular weight excluding hydrogens is 298 g/mol. The van der Waals surface area contributed by atoms with E-state index in [2.05, 4.69) is 15.2 Å². The summed E-state index contributed by atoms with van der Waals surface area (Å²) in [7, 11) is 1.46. The summed E-state index contributed by atoms with van der Waals surface area (Å²) in [6.45, 7) is 1.94. The second-order valence-corrected chi connectivity index (χ2v) is 5.29. The summed E-state index contributed by atoms with van der Waals surface area (Å²) in [5, 5.41) is 6.51. The Morgan fingerprint density at radius 2 is 2.23 bits per heavy atom. The summed E-state index contributed by atoms with van der Waals surface area (Å²) in [4.78, 5) is 13.9. The molecule has 0 aromatic carbocycles. The fourth-order valence-electron chi connectivity index (χ4n) is 2.33. The third kappa shape index (κ3) is 4.30. The van der Waals surface area contributed by atoms with Gasteiger partial charge in [0.05, 0.1) is 12.2 Å². The summed E-state index contributed by atoms with van der Waals surface area (Å²) in [5.74, 6) is 0.0421. The first kappa shape index (κ1) is 16.5. The van der Waals surface area contributed by atoms with E-state index in [1.165, 1.54) is 13.1 Å². The number of alkyl halides is 2. The number of halogens is 2. The number of hydrogen-bond acceptors (Lipinski definition) is 4. The first-order valence-corrected chi connectivity index (χ1v) is 7.05. The van der Waals surface area contributed by atoms with E-state index in [0.717, 1.165) is 11.1 Å². The Hall–Kier alpha value is -1.90. The topological polar surface area (TPSA) is 68.6 Å². The number of amides is 2. The van der Waals surface area contributed by atoms with Gasteiger partial charge >= 0.3 is 12.6 Å². The maximum absolute atomic E-state index is 12.2. The van der Waals surface area contributed by atoms with Crippen molar-refractivity contribution in [3.63, 3.8) is 0 Å². The molecule has 2 amide bonds. The van der Waals surface area contributed by atoms with Crippen LogP contribution in [0.3, 0.4) is 0 Å². The number of nitrogens with zero attached hydrogens (tertiary/aromatic N) is 3. The molecule has 1 aromatic heterocycles. The lowest BCUT2D eigenvalue weighted by molar-refractivity contribution is -0.0553. The third-order valence-corrected chi connectivity index (χ3v) is 3.32. The molecule has 0 saturated carbocycles. The van der Waals surface area contributed by atoms with Crippen molar-refractivity contribution in [1.82, 2.24) is 14.7 Å². The Bertz CT molecular complexity index is 523. The van der Waals surface area contributed by atoms with Crippen molar-refractivity contribution in [3.05, 3.63) is 6.07 Å². The zero-order chi connectivity index (χ0) is 16.3. The number of ether oxygens (including phenoxy) is 2. The summed E-state index contributed by atoms with van der Waals surface area (Å²) in [6, 6.07) is 0.913. The molecule has 9 heteroatoms. The van der Waals surface area contributed by atoms with E-state index in [-0.39, 0.29) is 29.9 Å². The number of nitrogens with one attached hydrogen (secondary N) is 1. The van der Waals surface area contributed by atoms with E-state index < -0.39 is 6.61 Å². The minimum atomic E-state index is -2.94. The van der Waals surface area contributed by atoms with Gasteiger partial charge in [0.1, 0.15) is 0 Å². The van der Waals surface area contributed by atoms with Crippen LogP contribution < -0.4 is 10.1 Å². The minimum Gasteiger partial charge on any atom is -0.417 e. The minimum absolute atomic E-state index is 0.0651. The number of urea groups is 1. The van der Waals surface area contributed by atoms with E-state index in [1.807, 2.05) is 13.8 Å². The van der Waals surface area contributed by atoms with Crippen LogP contribution in [0.4, 0.5) is 19.4 Å². The molecule has 2 rings (SSSR count). The van der Waals surface area contributed by atoms with Crippen molar-refractivity contribution < 1.29 is 23.0 Å². The monoisotopic (exact) mass is 318 g/mol.